The van der Waals surface area contributed by atoms with Gasteiger partial charge in [0.05, 0.1) is 6.61 Å². The van der Waals surface area contributed by atoms with Crippen LogP contribution in [0.25, 0.3) is 0 Å². The molecule has 25 heavy (non-hydrogen) atoms. The molecule has 0 saturated carbocycles. The van der Waals surface area contributed by atoms with Gasteiger partial charge in [0.25, 0.3) is 5.79 Å². The van der Waals surface area contributed by atoms with Gasteiger partial charge >= 0.3 is 0 Å². The first-order chi connectivity index (χ1) is 11.8. The molecule has 0 aromatic heterocycles. The van der Waals surface area contributed by atoms with Crippen molar-refractivity contribution in [2.24, 2.45) is 0 Å². The largest absolute Gasteiger partial charge is 0.394 e. The van der Waals surface area contributed by atoms with E-state index >= 15 is 0 Å². The van der Waals surface area contributed by atoms with E-state index in [1.54, 1.807) is 0 Å². The molecule has 5 atom stereocenters. The van der Waals surface area contributed by atoms with Gasteiger partial charge in [-0.2, -0.15) is 0 Å². The normalized spacial score (nSPS) is 29.4. The zero-order valence-electron chi connectivity index (χ0n) is 15.3. The van der Waals surface area contributed by atoms with E-state index in [9.17, 15) is 25.5 Å². The fourth-order valence-electron chi connectivity index (χ4n) is 3.16. The molecule has 1 heterocycles. The maximum Gasteiger partial charge on any atom is 0.253 e. The van der Waals surface area contributed by atoms with Crippen LogP contribution in [-0.2, 0) is 4.74 Å². The summed E-state index contributed by atoms with van der Waals surface area (Å²) in [7, 11) is 0. The average Bonchev–Trinajstić information content (AvgIpc) is 3.17. The number of epoxide rings is 1. The third kappa shape index (κ3) is 6.43. The average molecular weight is 364 g/mol. The van der Waals surface area contributed by atoms with Gasteiger partial charge in [-0.15, -0.1) is 0 Å². The van der Waals surface area contributed by atoms with Crippen LogP contribution < -0.4 is 0 Å². The van der Waals surface area contributed by atoms with Crippen molar-refractivity contribution in [3.63, 3.8) is 0 Å². The van der Waals surface area contributed by atoms with Crippen LogP contribution in [0.5, 0.6) is 0 Å². The predicted octanol–water partition coefficient (Wildman–Crippen LogP) is 0.780. The van der Waals surface area contributed by atoms with Crippen LogP contribution >= 0.6 is 0 Å². The fraction of sp³-hybridized carbons (Fsp3) is 1.00. The van der Waals surface area contributed by atoms with Gasteiger partial charge < -0.3 is 35.4 Å². The number of aliphatic hydroxyl groups is 6. The van der Waals surface area contributed by atoms with Crippen molar-refractivity contribution in [3.05, 3.63) is 0 Å². The van der Waals surface area contributed by atoms with Crippen LogP contribution in [0.15, 0.2) is 0 Å². The van der Waals surface area contributed by atoms with Crippen LogP contribution in [0.1, 0.15) is 77.6 Å². The second kappa shape index (κ2) is 10.8. The van der Waals surface area contributed by atoms with E-state index < -0.39 is 36.5 Å². The topological polar surface area (TPSA) is 134 Å². The van der Waals surface area contributed by atoms with Crippen molar-refractivity contribution in [3.8, 4) is 0 Å². The van der Waals surface area contributed by atoms with E-state index in [-0.39, 0.29) is 6.42 Å². The van der Waals surface area contributed by atoms with Gasteiger partial charge in [0, 0.05) is 6.42 Å². The van der Waals surface area contributed by atoms with E-state index in [2.05, 4.69) is 6.92 Å². The summed E-state index contributed by atoms with van der Waals surface area (Å²) >= 11 is 0. The Morgan fingerprint density at radius 2 is 1.28 bits per heavy atom. The molecule has 0 radical (unpaired) electrons. The molecule has 1 aliphatic rings. The highest BCUT2D eigenvalue weighted by Crippen LogP contribution is 2.50. The summed E-state index contributed by atoms with van der Waals surface area (Å²) in [4.78, 5) is 0. The Morgan fingerprint density at radius 3 is 1.76 bits per heavy atom. The lowest BCUT2D eigenvalue weighted by atomic mass is 9.96. The molecular weight excluding hydrogens is 328 g/mol. The van der Waals surface area contributed by atoms with Crippen LogP contribution in [0.2, 0.25) is 0 Å². The molecule has 0 aliphatic carbocycles. The van der Waals surface area contributed by atoms with Gasteiger partial charge in [-0.05, 0) is 6.42 Å². The summed E-state index contributed by atoms with van der Waals surface area (Å²) in [6.07, 6.45) is 6.10. The molecule has 7 nitrogen and oxygen atoms in total. The lowest BCUT2D eigenvalue weighted by molar-refractivity contribution is -0.159. The Labute approximate surface area is 150 Å². The molecule has 6 N–H and O–H groups in total. The molecule has 7 heteroatoms. The van der Waals surface area contributed by atoms with Crippen LogP contribution in [0.3, 0.4) is 0 Å². The van der Waals surface area contributed by atoms with Crippen molar-refractivity contribution in [2.45, 2.75) is 107 Å². The molecule has 150 valence electrons. The maximum absolute atomic E-state index is 10.2. The summed E-state index contributed by atoms with van der Waals surface area (Å²) in [6, 6.07) is 0. The zero-order chi connectivity index (χ0) is 18.9. The quantitative estimate of drug-likeness (QED) is 0.187. The van der Waals surface area contributed by atoms with Crippen molar-refractivity contribution >= 4 is 0 Å². The molecule has 0 aromatic carbocycles. The Balaban J connectivity index is 2.15. The van der Waals surface area contributed by atoms with Gasteiger partial charge in [-0.3, -0.25) is 0 Å². The first-order valence-corrected chi connectivity index (χ1v) is 9.62. The minimum atomic E-state index is -2.30. The summed E-state index contributed by atoms with van der Waals surface area (Å²) in [5.74, 6) is -4.22. The second-order valence-corrected chi connectivity index (χ2v) is 7.20. The maximum atomic E-state index is 10.2. The third-order valence-corrected chi connectivity index (χ3v) is 5.02. The lowest BCUT2D eigenvalue weighted by Gasteiger charge is -2.24. The number of rotatable bonds is 15. The molecule has 1 rings (SSSR count). The minimum absolute atomic E-state index is 0.138. The Kier molecular flexibility index (Phi) is 9.80. The van der Waals surface area contributed by atoms with Gasteiger partial charge in [0.15, 0.2) is 0 Å². The highest BCUT2D eigenvalue weighted by atomic mass is 16.8. The van der Waals surface area contributed by atoms with Gasteiger partial charge in [-0.1, -0.05) is 64.7 Å². The number of unbranched alkanes of at least 4 members (excludes halogenated alkanes) is 9. The van der Waals surface area contributed by atoms with Crippen molar-refractivity contribution in [1.82, 2.24) is 0 Å². The number of hydrogen-bond acceptors (Lipinski definition) is 7. The zero-order valence-corrected chi connectivity index (χ0v) is 15.3. The molecule has 0 spiro atoms. The fourth-order valence-corrected chi connectivity index (χ4v) is 3.16. The third-order valence-electron chi connectivity index (χ3n) is 5.02. The molecule has 1 saturated heterocycles. The van der Waals surface area contributed by atoms with Crippen molar-refractivity contribution in [2.75, 3.05) is 6.61 Å². The molecule has 0 bridgehead atoms. The second-order valence-electron chi connectivity index (χ2n) is 7.20. The van der Waals surface area contributed by atoms with Gasteiger partial charge in [-0.25, -0.2) is 0 Å². The first kappa shape index (κ1) is 22.8. The monoisotopic (exact) mass is 364 g/mol. The SMILES string of the molecule is CCCCCCCCCCCCC1(O)O[C@]1(O)[C@H](O)[C@H](O)[C@@H](O)CO. The molecule has 1 fully saturated rings. The number of aliphatic hydroxyl groups excluding tert-OH is 4. The van der Waals surface area contributed by atoms with Crippen molar-refractivity contribution in [1.29, 1.82) is 0 Å². The standard InChI is InChI=1S/C18H36O7/c1-2-3-4-5-6-7-8-9-10-11-12-17(23)18(24,25-17)16(22)15(21)14(20)13-19/h14-16,19-24H,2-13H2,1H3/t14-,15+,16+,17?,18+/m0/s1. The molecule has 1 unspecified atom stereocenters. The molecule has 1 aliphatic heterocycles. The first-order valence-electron chi connectivity index (χ1n) is 9.62. The van der Waals surface area contributed by atoms with Crippen LogP contribution in [0, 0.1) is 0 Å². The number of ether oxygens (including phenoxy) is 1. The minimum Gasteiger partial charge on any atom is -0.394 e. The van der Waals surface area contributed by atoms with Crippen molar-refractivity contribution < 1.29 is 35.4 Å². The lowest BCUT2D eigenvalue weighted by Crippen LogP contribution is -2.50. The van der Waals surface area contributed by atoms with Crippen LogP contribution in [0.4, 0.5) is 0 Å². The van der Waals surface area contributed by atoms with Gasteiger partial charge in [0.2, 0.25) is 5.79 Å². The summed E-state index contributed by atoms with van der Waals surface area (Å²) in [6.45, 7) is 1.43. The summed E-state index contributed by atoms with van der Waals surface area (Å²) in [5.41, 5.74) is 0. The van der Waals surface area contributed by atoms with Crippen LogP contribution in [-0.4, -0.2) is 67.1 Å². The molecular formula is C18H36O7. The predicted molar refractivity (Wildman–Crippen MR) is 92.6 cm³/mol. The van der Waals surface area contributed by atoms with E-state index in [0.717, 1.165) is 19.3 Å². The summed E-state index contributed by atoms with van der Waals surface area (Å²) < 4.78 is 4.86. The Bertz CT molecular complexity index is 367. The van der Waals surface area contributed by atoms with E-state index in [4.69, 9.17) is 9.84 Å². The molecule has 0 amide bonds. The highest BCUT2D eigenvalue weighted by Gasteiger charge is 2.74. The Hall–Kier alpha value is -0.280. The Morgan fingerprint density at radius 1 is 0.800 bits per heavy atom. The molecule has 0 aromatic rings. The smallest absolute Gasteiger partial charge is 0.253 e. The highest BCUT2D eigenvalue weighted by molar-refractivity contribution is 5.07. The van der Waals surface area contributed by atoms with E-state index in [0.29, 0.717) is 6.42 Å². The van der Waals surface area contributed by atoms with E-state index in [1.165, 1.54) is 38.5 Å². The summed E-state index contributed by atoms with van der Waals surface area (Å²) in [5, 5.41) is 57.8. The van der Waals surface area contributed by atoms with Gasteiger partial charge in [0.1, 0.15) is 18.3 Å². The number of hydrogen-bond donors (Lipinski definition) is 6. The van der Waals surface area contributed by atoms with E-state index in [1.807, 2.05) is 0 Å².